The third-order valence-corrected chi connectivity index (χ3v) is 8.42. The summed E-state index contributed by atoms with van der Waals surface area (Å²) in [6, 6.07) is 32.4. The van der Waals surface area contributed by atoms with E-state index in [2.05, 4.69) is 0 Å². The minimum Gasteiger partial charge on any atom is -0.265 e. The number of hydrogen-bond acceptors (Lipinski definition) is 4. The van der Waals surface area contributed by atoms with Gasteiger partial charge in [-0.05, 0) is 47.4 Å². The molecule has 0 bridgehead atoms. The predicted molar refractivity (Wildman–Crippen MR) is 150 cm³/mol. The van der Waals surface area contributed by atoms with Crippen molar-refractivity contribution in [3.63, 3.8) is 0 Å². The molecule has 0 saturated carbocycles. The van der Waals surface area contributed by atoms with Gasteiger partial charge in [0.25, 0.3) is 15.7 Å². The van der Waals surface area contributed by atoms with Crippen molar-refractivity contribution in [3.05, 3.63) is 154 Å². The number of sulfonamides is 1. The van der Waals surface area contributed by atoms with Gasteiger partial charge in [0.2, 0.25) is 0 Å². The molecule has 1 aliphatic heterocycles. The average Bonchev–Trinajstić information content (AvgIpc) is 3.16. The number of rotatable bonds is 6. The smallest absolute Gasteiger partial charge is 0.265 e. The molecule has 4 aromatic carbocycles. The second kappa shape index (κ2) is 10.5. The fraction of sp³-hybridized carbons (Fsp3) is 0.0968. The Hall–Kier alpha value is -4.49. The molecule has 0 unspecified atom stereocenters. The number of benzene rings is 4. The van der Waals surface area contributed by atoms with Gasteiger partial charge >= 0.3 is 0 Å². The van der Waals surface area contributed by atoms with Gasteiger partial charge in [-0.1, -0.05) is 96.6 Å². The third-order valence-electron chi connectivity index (χ3n) is 6.62. The molecule has 1 heterocycles. The second-order valence-electron chi connectivity index (χ2n) is 9.19. The lowest BCUT2D eigenvalue weighted by Gasteiger charge is -2.29. The van der Waals surface area contributed by atoms with Gasteiger partial charge in [0.1, 0.15) is 0 Å². The van der Waals surface area contributed by atoms with Crippen LogP contribution < -0.4 is 0 Å². The van der Waals surface area contributed by atoms with Crippen molar-refractivity contribution < 1.29 is 13.3 Å². The zero-order chi connectivity index (χ0) is 26.7. The van der Waals surface area contributed by atoms with Gasteiger partial charge in [0.05, 0.1) is 15.5 Å². The first kappa shape index (κ1) is 25.2. The Morgan fingerprint density at radius 2 is 1.37 bits per heavy atom. The van der Waals surface area contributed by atoms with Crippen molar-refractivity contribution in [2.24, 2.45) is 0 Å². The molecule has 5 rings (SSSR count). The van der Waals surface area contributed by atoms with Gasteiger partial charge in [-0.2, -0.15) is 0 Å². The summed E-state index contributed by atoms with van der Waals surface area (Å²) in [7, 11) is -3.94. The molecule has 0 radical (unpaired) electrons. The molecule has 4 aromatic rings. The normalized spacial score (nSPS) is 15.8. The summed E-state index contributed by atoms with van der Waals surface area (Å²) >= 11 is 0. The maximum atomic E-state index is 14.2. The first-order valence-corrected chi connectivity index (χ1v) is 13.6. The number of nitro groups is 1. The first-order chi connectivity index (χ1) is 18.3. The molecule has 0 aliphatic carbocycles. The lowest BCUT2D eigenvalue weighted by Crippen LogP contribution is -2.32. The zero-order valence-corrected chi connectivity index (χ0v) is 21.6. The third kappa shape index (κ3) is 5.14. The van der Waals surface area contributed by atoms with Gasteiger partial charge < -0.3 is 0 Å². The lowest BCUT2D eigenvalue weighted by atomic mass is 9.94. The summed E-state index contributed by atoms with van der Waals surface area (Å²) in [6.07, 6.45) is 3.96. The molecule has 0 fully saturated rings. The van der Waals surface area contributed by atoms with Crippen molar-refractivity contribution in [2.45, 2.75) is 17.7 Å². The van der Waals surface area contributed by atoms with Crippen LogP contribution in [0.3, 0.4) is 0 Å². The molecular weight excluding hydrogens is 496 g/mol. The van der Waals surface area contributed by atoms with Gasteiger partial charge in [-0.25, -0.2) is 8.42 Å². The molecule has 1 aliphatic rings. The van der Waals surface area contributed by atoms with Crippen LogP contribution in [0.25, 0.3) is 11.3 Å². The lowest BCUT2D eigenvalue weighted by molar-refractivity contribution is -0.384. The number of aryl methyl sites for hydroxylation is 1. The van der Waals surface area contributed by atoms with Crippen LogP contribution >= 0.6 is 0 Å². The van der Waals surface area contributed by atoms with Crippen LogP contribution in [0, 0.1) is 17.0 Å². The Bertz CT molecular complexity index is 1610. The van der Waals surface area contributed by atoms with Gasteiger partial charge in [-0.15, -0.1) is 0 Å². The van der Waals surface area contributed by atoms with E-state index in [1.54, 1.807) is 36.4 Å². The van der Waals surface area contributed by atoms with Crippen LogP contribution in [0.2, 0.25) is 0 Å². The topological polar surface area (TPSA) is 80.5 Å². The predicted octanol–water partition coefficient (Wildman–Crippen LogP) is 6.82. The minimum absolute atomic E-state index is 0.0122. The largest absolute Gasteiger partial charge is 0.269 e. The van der Waals surface area contributed by atoms with Crippen molar-refractivity contribution in [1.29, 1.82) is 0 Å². The van der Waals surface area contributed by atoms with E-state index in [-0.39, 0.29) is 23.0 Å². The summed E-state index contributed by atoms with van der Waals surface area (Å²) in [6.45, 7) is 2.05. The number of hydrogen-bond donors (Lipinski definition) is 0. The van der Waals surface area contributed by atoms with Crippen LogP contribution in [0.15, 0.2) is 126 Å². The molecule has 0 aromatic heterocycles. The van der Waals surface area contributed by atoms with Crippen LogP contribution in [-0.2, 0) is 10.0 Å². The highest BCUT2D eigenvalue weighted by atomic mass is 32.2. The van der Waals surface area contributed by atoms with Crippen LogP contribution in [0.5, 0.6) is 0 Å². The van der Waals surface area contributed by atoms with E-state index in [1.807, 2.05) is 79.7 Å². The quantitative estimate of drug-likeness (QED) is 0.206. The fourth-order valence-corrected chi connectivity index (χ4v) is 6.08. The minimum atomic E-state index is -3.94. The highest BCUT2D eigenvalue weighted by molar-refractivity contribution is 7.89. The molecule has 1 atom stereocenters. The highest BCUT2D eigenvalue weighted by Crippen LogP contribution is 2.38. The van der Waals surface area contributed by atoms with Crippen molar-refractivity contribution in [1.82, 2.24) is 4.31 Å². The van der Waals surface area contributed by atoms with Crippen molar-refractivity contribution in [2.75, 3.05) is 6.54 Å². The van der Waals surface area contributed by atoms with Crippen molar-refractivity contribution >= 4 is 27.0 Å². The molecule has 6 nitrogen and oxygen atoms in total. The Morgan fingerprint density at radius 1 is 0.789 bits per heavy atom. The first-order valence-electron chi connectivity index (χ1n) is 12.2. The fourth-order valence-electron chi connectivity index (χ4n) is 4.57. The van der Waals surface area contributed by atoms with Crippen LogP contribution in [0.1, 0.15) is 28.2 Å². The summed E-state index contributed by atoms with van der Waals surface area (Å²) in [5, 5.41) is 11.2. The molecule has 38 heavy (non-hydrogen) atoms. The summed E-state index contributed by atoms with van der Waals surface area (Å²) in [5.41, 5.74) is 4.89. The molecule has 0 N–H and O–H groups in total. The number of nitro benzene ring substituents is 1. The van der Waals surface area contributed by atoms with Gasteiger partial charge in [0.15, 0.2) is 0 Å². The standard InChI is InChI=1S/C31H26N2O4S/c1-23-12-18-30(19-13-23)38(36,37)32-22-28(25-14-16-29(17-15-25)33(34)35)20-27(24-8-4-2-5-9-24)21-31(32)26-10-6-3-7-11-26/h2-21,28H,22H2,1H3/t28-/m1/s1. The SMILES string of the molecule is Cc1ccc(S(=O)(=O)N2C[C@H](c3ccc([N+](=O)[O-])cc3)C=C(c3ccccc3)C=C2c2ccccc2)cc1. The van der Waals surface area contributed by atoms with E-state index in [1.165, 1.54) is 16.4 Å². The van der Waals surface area contributed by atoms with Crippen molar-refractivity contribution in [3.8, 4) is 0 Å². The Kier molecular flexibility index (Phi) is 6.94. The van der Waals surface area contributed by atoms with E-state index >= 15 is 0 Å². The molecule has 0 spiro atoms. The summed E-state index contributed by atoms with van der Waals surface area (Å²) in [4.78, 5) is 11.0. The molecule has 0 amide bonds. The summed E-state index contributed by atoms with van der Waals surface area (Å²) in [5.74, 6) is -0.358. The summed E-state index contributed by atoms with van der Waals surface area (Å²) < 4.78 is 29.8. The van der Waals surface area contributed by atoms with E-state index in [0.29, 0.717) is 5.70 Å². The Balaban J connectivity index is 1.71. The van der Waals surface area contributed by atoms with E-state index in [9.17, 15) is 18.5 Å². The van der Waals surface area contributed by atoms with E-state index in [0.717, 1.165) is 27.8 Å². The van der Waals surface area contributed by atoms with Gasteiger partial charge in [0, 0.05) is 24.6 Å². The monoisotopic (exact) mass is 522 g/mol. The average molecular weight is 523 g/mol. The molecule has 0 saturated heterocycles. The highest BCUT2D eigenvalue weighted by Gasteiger charge is 2.32. The number of nitrogens with zero attached hydrogens (tertiary/aromatic N) is 2. The zero-order valence-electron chi connectivity index (χ0n) is 20.8. The van der Waals surface area contributed by atoms with Crippen LogP contribution in [-0.4, -0.2) is 24.2 Å². The Morgan fingerprint density at radius 3 is 1.95 bits per heavy atom. The molecule has 7 heteroatoms. The van der Waals surface area contributed by atoms with Crippen LogP contribution in [0.4, 0.5) is 5.69 Å². The number of non-ortho nitro benzene ring substituents is 1. The maximum Gasteiger partial charge on any atom is 0.269 e. The van der Waals surface area contributed by atoms with E-state index in [4.69, 9.17) is 0 Å². The molecule has 190 valence electrons. The van der Waals surface area contributed by atoms with Gasteiger partial charge in [-0.3, -0.25) is 14.4 Å². The Labute approximate surface area is 222 Å². The maximum absolute atomic E-state index is 14.2. The second-order valence-corrected chi connectivity index (χ2v) is 11.1. The number of allylic oxidation sites excluding steroid dienone is 2. The van der Waals surface area contributed by atoms with E-state index < -0.39 is 14.9 Å². The molecular formula is C31H26N2O4S.